The van der Waals surface area contributed by atoms with Crippen LogP contribution in [0.3, 0.4) is 0 Å². The van der Waals surface area contributed by atoms with Gasteiger partial charge in [-0.2, -0.15) is 0 Å². The molecule has 0 bridgehead atoms. The van der Waals surface area contributed by atoms with Crippen LogP contribution in [0.15, 0.2) is 53.4 Å². The molecule has 1 fully saturated rings. The van der Waals surface area contributed by atoms with Gasteiger partial charge < -0.3 is 19.5 Å². The van der Waals surface area contributed by atoms with Crippen molar-refractivity contribution in [1.82, 2.24) is 4.72 Å². The zero-order valence-electron chi connectivity index (χ0n) is 20.1. The average Bonchev–Trinajstić information content (AvgIpc) is 2.86. The third kappa shape index (κ3) is 8.86. The van der Waals surface area contributed by atoms with Crippen LogP contribution in [-0.4, -0.2) is 52.9 Å². The maximum atomic E-state index is 13.1. The van der Waals surface area contributed by atoms with Crippen LogP contribution < -0.4 is 10.0 Å². The quantitative estimate of drug-likeness (QED) is 0.397. The van der Waals surface area contributed by atoms with Crippen molar-refractivity contribution < 1.29 is 32.2 Å². The Hall–Kier alpha value is -2.50. The first kappa shape index (κ1) is 28.1. The highest BCUT2D eigenvalue weighted by atomic mass is 35.5. The lowest BCUT2D eigenvalue weighted by Crippen LogP contribution is -2.39. The van der Waals surface area contributed by atoms with E-state index < -0.39 is 28.1 Å². The molecule has 2 aromatic rings. The van der Waals surface area contributed by atoms with Gasteiger partial charge in [-0.05, 0) is 68.1 Å². The first-order valence-corrected chi connectivity index (χ1v) is 13.7. The van der Waals surface area contributed by atoms with E-state index in [0.29, 0.717) is 30.3 Å². The Morgan fingerprint density at radius 3 is 2.47 bits per heavy atom. The number of rotatable bonds is 12. The van der Waals surface area contributed by atoms with Gasteiger partial charge in [-0.1, -0.05) is 23.7 Å². The first-order valence-electron chi connectivity index (χ1n) is 11.8. The molecular weight excluding hydrogens is 508 g/mol. The minimum atomic E-state index is -3.86. The molecule has 0 radical (unpaired) electrons. The molecule has 0 saturated carbocycles. The zero-order chi connectivity index (χ0) is 26.0. The summed E-state index contributed by atoms with van der Waals surface area (Å²) < 4.78 is 44.2. The number of hydrogen-bond donors (Lipinski definition) is 2. The molecule has 9 nitrogen and oxygen atoms in total. The van der Waals surface area contributed by atoms with Gasteiger partial charge in [-0.15, -0.1) is 0 Å². The van der Waals surface area contributed by atoms with Gasteiger partial charge in [0.2, 0.25) is 15.9 Å². The fourth-order valence-corrected chi connectivity index (χ4v) is 4.74. The molecule has 1 aliphatic heterocycles. The van der Waals surface area contributed by atoms with Crippen LogP contribution >= 0.6 is 11.6 Å². The van der Waals surface area contributed by atoms with Crippen molar-refractivity contribution in [3.63, 3.8) is 0 Å². The predicted octanol–water partition coefficient (Wildman–Crippen LogP) is 3.52. The molecule has 1 saturated heterocycles. The Morgan fingerprint density at radius 1 is 1.11 bits per heavy atom. The number of esters is 1. The summed E-state index contributed by atoms with van der Waals surface area (Å²) in [5, 5.41) is 3.21. The monoisotopic (exact) mass is 538 g/mol. The van der Waals surface area contributed by atoms with E-state index in [9.17, 15) is 18.0 Å². The second-order valence-corrected chi connectivity index (χ2v) is 10.5. The Bertz CT molecular complexity index is 1100. The summed E-state index contributed by atoms with van der Waals surface area (Å²) in [6.07, 6.45) is 2.34. The number of amides is 1. The van der Waals surface area contributed by atoms with Crippen LogP contribution in [0.2, 0.25) is 5.02 Å². The Balaban J connectivity index is 1.64. The van der Waals surface area contributed by atoms with Crippen molar-refractivity contribution >= 4 is 39.2 Å². The second kappa shape index (κ2) is 13.7. The van der Waals surface area contributed by atoms with Gasteiger partial charge in [0.05, 0.1) is 30.4 Å². The highest BCUT2D eigenvalue weighted by molar-refractivity contribution is 7.89. The number of carbonyl (C=O) groups is 2. The van der Waals surface area contributed by atoms with E-state index in [4.69, 9.17) is 25.8 Å². The molecule has 0 aromatic heterocycles. The summed E-state index contributed by atoms with van der Waals surface area (Å²) in [5.41, 5.74) is 1.25. The van der Waals surface area contributed by atoms with Gasteiger partial charge in [0, 0.05) is 23.9 Å². The average molecular weight is 539 g/mol. The molecule has 36 heavy (non-hydrogen) atoms. The van der Waals surface area contributed by atoms with Crippen molar-refractivity contribution in [2.75, 3.05) is 31.7 Å². The van der Waals surface area contributed by atoms with Crippen LogP contribution in [0.4, 0.5) is 5.69 Å². The molecule has 11 heteroatoms. The van der Waals surface area contributed by atoms with Crippen molar-refractivity contribution in [2.45, 2.75) is 43.8 Å². The Morgan fingerprint density at radius 2 is 1.83 bits per heavy atom. The number of halogens is 1. The van der Waals surface area contributed by atoms with Crippen molar-refractivity contribution in [2.24, 2.45) is 5.92 Å². The molecule has 0 aliphatic carbocycles. The minimum Gasteiger partial charge on any atom is -0.466 e. The zero-order valence-corrected chi connectivity index (χ0v) is 21.6. The number of sulfonamides is 1. The Kier molecular flexibility index (Phi) is 10.7. The van der Waals surface area contributed by atoms with Gasteiger partial charge in [0.1, 0.15) is 0 Å². The molecule has 2 N–H and O–H groups in total. The maximum absolute atomic E-state index is 13.1. The van der Waals surface area contributed by atoms with Crippen LogP contribution in [0, 0.1) is 5.92 Å². The van der Waals surface area contributed by atoms with Crippen molar-refractivity contribution in [3.8, 4) is 0 Å². The summed E-state index contributed by atoms with van der Waals surface area (Å²) in [7, 11) is -3.86. The summed E-state index contributed by atoms with van der Waals surface area (Å²) in [6, 6.07) is 12.5. The van der Waals surface area contributed by atoms with Crippen LogP contribution in [0.25, 0.3) is 0 Å². The smallest absolute Gasteiger partial charge is 0.310 e. The molecule has 1 amide bonds. The lowest BCUT2D eigenvalue weighted by atomic mass is 10.1. The molecular formula is C25H31ClN2O7S. The second-order valence-electron chi connectivity index (χ2n) is 8.30. The lowest BCUT2D eigenvalue weighted by molar-refractivity contribution is -0.170. The van der Waals surface area contributed by atoms with Gasteiger partial charge in [0.15, 0.2) is 6.29 Å². The van der Waals surface area contributed by atoms with E-state index in [0.717, 1.165) is 18.4 Å². The predicted molar refractivity (Wildman–Crippen MR) is 135 cm³/mol. The SMILES string of the molecule is CCOC(=O)Cc1ccc(NC(=O)C(CNS(=O)(=O)c2ccc(Cl)cc2)COC2CCCCO2)cc1. The van der Waals surface area contributed by atoms with Crippen LogP contribution in [0.1, 0.15) is 31.7 Å². The van der Waals surface area contributed by atoms with E-state index in [1.54, 1.807) is 31.2 Å². The molecule has 2 atom stereocenters. The highest BCUT2D eigenvalue weighted by Gasteiger charge is 2.25. The van der Waals surface area contributed by atoms with Gasteiger partial charge in [-0.25, -0.2) is 13.1 Å². The summed E-state index contributed by atoms with van der Waals surface area (Å²) in [6.45, 7) is 2.44. The molecule has 2 unspecified atom stereocenters. The fraction of sp³-hybridized carbons (Fsp3) is 0.440. The maximum Gasteiger partial charge on any atom is 0.310 e. The first-order chi connectivity index (χ1) is 17.3. The molecule has 1 aliphatic rings. The van der Waals surface area contributed by atoms with Gasteiger partial charge in [0.25, 0.3) is 0 Å². The highest BCUT2D eigenvalue weighted by Crippen LogP contribution is 2.18. The molecule has 1 heterocycles. The summed E-state index contributed by atoms with van der Waals surface area (Å²) >= 11 is 5.85. The molecule has 196 valence electrons. The summed E-state index contributed by atoms with van der Waals surface area (Å²) in [4.78, 5) is 24.8. The standard InChI is InChI=1S/C25H31ClN2O7S/c1-2-33-23(29)15-18-6-10-21(11-7-18)28-25(30)19(17-35-24-5-3-4-14-34-24)16-27-36(31,32)22-12-8-20(26)9-13-22/h6-13,19,24,27H,2-5,14-17H2,1H3,(H,28,30). The summed E-state index contributed by atoms with van der Waals surface area (Å²) in [5.74, 6) is -1.57. The third-order valence-corrected chi connectivity index (χ3v) is 7.20. The van der Waals surface area contributed by atoms with Crippen LogP contribution in [-0.2, 0) is 40.2 Å². The number of carbonyl (C=O) groups excluding carboxylic acids is 2. The van der Waals surface area contributed by atoms with Crippen molar-refractivity contribution in [1.29, 1.82) is 0 Å². The lowest BCUT2D eigenvalue weighted by Gasteiger charge is -2.25. The number of ether oxygens (including phenoxy) is 3. The van der Waals surface area contributed by atoms with Crippen molar-refractivity contribution in [3.05, 3.63) is 59.1 Å². The Labute approximate surface area is 216 Å². The van der Waals surface area contributed by atoms with E-state index >= 15 is 0 Å². The fourth-order valence-electron chi connectivity index (χ4n) is 3.53. The topological polar surface area (TPSA) is 120 Å². The van der Waals surface area contributed by atoms with Gasteiger partial charge in [-0.3, -0.25) is 9.59 Å². The van der Waals surface area contributed by atoms with E-state index in [1.165, 1.54) is 24.3 Å². The van der Waals surface area contributed by atoms with E-state index in [-0.39, 0.29) is 30.4 Å². The largest absolute Gasteiger partial charge is 0.466 e. The number of nitrogens with one attached hydrogen (secondary N) is 2. The minimum absolute atomic E-state index is 0.0272. The molecule has 0 spiro atoms. The van der Waals surface area contributed by atoms with E-state index in [1.807, 2.05) is 0 Å². The number of benzene rings is 2. The van der Waals surface area contributed by atoms with E-state index in [2.05, 4.69) is 10.0 Å². The molecule has 3 rings (SSSR count). The number of anilines is 1. The molecule has 2 aromatic carbocycles. The van der Waals surface area contributed by atoms with Crippen LogP contribution in [0.5, 0.6) is 0 Å². The normalized spacial score (nSPS) is 16.8. The third-order valence-electron chi connectivity index (χ3n) is 5.51. The number of hydrogen-bond acceptors (Lipinski definition) is 7. The van der Waals surface area contributed by atoms with Gasteiger partial charge >= 0.3 is 5.97 Å².